The normalized spacial score (nSPS) is 10.3. The molecule has 2 N–H and O–H groups in total. The minimum absolute atomic E-state index is 0.126. The lowest BCUT2D eigenvalue weighted by Crippen LogP contribution is -2.37. The molecule has 0 atom stereocenters. The van der Waals surface area contributed by atoms with Crippen molar-refractivity contribution in [3.05, 3.63) is 76.4 Å². The quantitative estimate of drug-likeness (QED) is 0.527. The molecule has 0 aliphatic heterocycles. The summed E-state index contributed by atoms with van der Waals surface area (Å²) in [6.07, 6.45) is 0. The maximum absolute atomic E-state index is 13.4. The first-order valence-electron chi connectivity index (χ1n) is 7.99. The van der Waals surface area contributed by atoms with E-state index in [2.05, 4.69) is 5.32 Å². The molecule has 8 nitrogen and oxygen atoms in total. The van der Waals surface area contributed by atoms with Gasteiger partial charge in [0.1, 0.15) is 17.0 Å². The Morgan fingerprint density at radius 1 is 1.04 bits per heavy atom. The van der Waals surface area contributed by atoms with Gasteiger partial charge in [0.05, 0.1) is 5.69 Å². The van der Waals surface area contributed by atoms with Gasteiger partial charge >= 0.3 is 17.6 Å². The van der Waals surface area contributed by atoms with E-state index in [9.17, 15) is 23.6 Å². The summed E-state index contributed by atoms with van der Waals surface area (Å²) in [5.74, 6) is -2.73. The second-order valence-corrected chi connectivity index (χ2v) is 5.54. The van der Waals surface area contributed by atoms with Crippen molar-refractivity contribution in [2.24, 2.45) is 0 Å². The van der Waals surface area contributed by atoms with E-state index in [-0.39, 0.29) is 11.3 Å². The summed E-state index contributed by atoms with van der Waals surface area (Å²) in [6, 6.07) is 12.2. The fraction of sp³-hybridized carbons (Fsp3) is 0.0526. The Kier molecular flexibility index (Phi) is 5.45. The van der Waals surface area contributed by atoms with Gasteiger partial charge in [0.2, 0.25) is 0 Å². The van der Waals surface area contributed by atoms with Crippen LogP contribution in [0.4, 0.5) is 14.9 Å². The molecule has 1 aromatic heterocycles. The van der Waals surface area contributed by atoms with Gasteiger partial charge < -0.3 is 14.5 Å². The highest BCUT2D eigenvalue weighted by Crippen LogP contribution is 2.13. The average molecular weight is 384 g/mol. The number of hydrogen-bond acceptors (Lipinski definition) is 6. The van der Waals surface area contributed by atoms with Crippen molar-refractivity contribution in [3.8, 4) is 0 Å². The summed E-state index contributed by atoms with van der Waals surface area (Å²) in [6.45, 7) is -0.824. The minimum Gasteiger partial charge on any atom is -0.452 e. The summed E-state index contributed by atoms with van der Waals surface area (Å²) in [4.78, 5) is 47.3. The van der Waals surface area contributed by atoms with Crippen LogP contribution in [-0.2, 0) is 9.53 Å². The fourth-order valence-electron chi connectivity index (χ4n) is 2.29. The number of benzene rings is 2. The van der Waals surface area contributed by atoms with Crippen molar-refractivity contribution < 1.29 is 27.9 Å². The van der Waals surface area contributed by atoms with Crippen molar-refractivity contribution >= 4 is 34.6 Å². The van der Waals surface area contributed by atoms with E-state index in [1.165, 1.54) is 24.3 Å². The monoisotopic (exact) mass is 384 g/mol. The first kappa shape index (κ1) is 18.8. The van der Waals surface area contributed by atoms with Crippen molar-refractivity contribution in [1.29, 1.82) is 0 Å². The number of urea groups is 1. The number of rotatable bonds is 4. The van der Waals surface area contributed by atoms with Gasteiger partial charge in [0.25, 0.3) is 5.91 Å². The highest BCUT2D eigenvalue weighted by atomic mass is 19.1. The average Bonchev–Trinajstić information content (AvgIpc) is 2.67. The molecule has 0 aliphatic carbocycles. The predicted molar refractivity (Wildman–Crippen MR) is 96.3 cm³/mol. The molecule has 0 saturated heterocycles. The summed E-state index contributed by atoms with van der Waals surface area (Å²) >= 11 is 0. The van der Waals surface area contributed by atoms with Gasteiger partial charge in [-0.05, 0) is 24.3 Å². The highest BCUT2D eigenvalue weighted by Gasteiger charge is 2.17. The number of para-hydroxylation sites is 2. The maximum Gasteiger partial charge on any atom is 0.351 e. The zero-order chi connectivity index (χ0) is 20.1. The summed E-state index contributed by atoms with van der Waals surface area (Å²) < 4.78 is 23.2. The van der Waals surface area contributed by atoms with E-state index in [0.717, 1.165) is 6.07 Å². The smallest absolute Gasteiger partial charge is 0.351 e. The Morgan fingerprint density at radius 3 is 2.54 bits per heavy atom. The fourth-order valence-corrected chi connectivity index (χ4v) is 2.29. The van der Waals surface area contributed by atoms with Gasteiger partial charge in [0, 0.05) is 5.39 Å². The summed E-state index contributed by atoms with van der Waals surface area (Å²) in [5, 5.41) is 4.51. The molecular formula is C19H13FN2O6. The van der Waals surface area contributed by atoms with Crippen LogP contribution in [0.2, 0.25) is 0 Å². The van der Waals surface area contributed by atoms with Crippen molar-refractivity contribution in [2.75, 3.05) is 11.9 Å². The molecule has 3 aromatic rings. The van der Waals surface area contributed by atoms with Crippen LogP contribution in [0.25, 0.3) is 11.0 Å². The van der Waals surface area contributed by atoms with Gasteiger partial charge in [-0.25, -0.2) is 18.8 Å². The molecule has 0 spiro atoms. The highest BCUT2D eigenvalue weighted by molar-refractivity contribution is 6.02. The third-order valence-electron chi connectivity index (χ3n) is 3.57. The Morgan fingerprint density at radius 2 is 1.75 bits per heavy atom. The molecule has 0 saturated carbocycles. The second-order valence-electron chi connectivity index (χ2n) is 5.54. The Labute approximate surface area is 156 Å². The van der Waals surface area contributed by atoms with E-state index < -0.39 is 36.0 Å². The minimum atomic E-state index is -1.08. The number of esters is 1. The van der Waals surface area contributed by atoms with Crippen LogP contribution in [0.1, 0.15) is 10.4 Å². The van der Waals surface area contributed by atoms with Crippen molar-refractivity contribution in [1.82, 2.24) is 5.32 Å². The standard InChI is InChI=1S/C19H13FN2O6/c20-13-6-2-3-7-14(13)21-19(26)22-16(23)10-27-17(24)12-9-11-5-1-4-8-15(11)28-18(12)25/h1-9H,10H2,(H2,21,22,23,26). The number of fused-ring (bicyclic) bond motifs is 1. The first-order valence-corrected chi connectivity index (χ1v) is 7.99. The van der Waals surface area contributed by atoms with E-state index >= 15 is 0 Å². The molecule has 3 amide bonds. The van der Waals surface area contributed by atoms with E-state index in [4.69, 9.17) is 9.15 Å². The third-order valence-corrected chi connectivity index (χ3v) is 3.57. The lowest BCUT2D eigenvalue weighted by molar-refractivity contribution is -0.123. The number of imide groups is 1. The van der Waals surface area contributed by atoms with Crippen LogP contribution < -0.4 is 16.3 Å². The third kappa shape index (κ3) is 4.39. The molecule has 0 bridgehead atoms. The van der Waals surface area contributed by atoms with Gasteiger partial charge in [-0.2, -0.15) is 0 Å². The van der Waals surface area contributed by atoms with E-state index in [0.29, 0.717) is 11.0 Å². The SMILES string of the molecule is O=C(COC(=O)c1cc2ccccc2oc1=O)NC(=O)Nc1ccccc1F. The van der Waals surface area contributed by atoms with Gasteiger partial charge in [0.15, 0.2) is 6.61 Å². The van der Waals surface area contributed by atoms with Gasteiger partial charge in [-0.3, -0.25) is 10.1 Å². The number of hydrogen-bond donors (Lipinski definition) is 2. The Balaban J connectivity index is 1.58. The first-order chi connectivity index (χ1) is 13.4. The number of anilines is 1. The van der Waals surface area contributed by atoms with E-state index in [1.54, 1.807) is 24.3 Å². The molecule has 3 rings (SSSR count). The largest absolute Gasteiger partial charge is 0.452 e. The van der Waals surface area contributed by atoms with Crippen LogP contribution in [-0.4, -0.2) is 24.5 Å². The number of ether oxygens (including phenoxy) is 1. The van der Waals surface area contributed by atoms with Crippen molar-refractivity contribution in [2.45, 2.75) is 0 Å². The van der Waals surface area contributed by atoms with Crippen LogP contribution in [0.3, 0.4) is 0 Å². The second kappa shape index (κ2) is 8.12. The maximum atomic E-state index is 13.4. The predicted octanol–water partition coefficient (Wildman–Crippen LogP) is 2.44. The number of nitrogens with one attached hydrogen (secondary N) is 2. The molecule has 1 heterocycles. The van der Waals surface area contributed by atoms with Gasteiger partial charge in [-0.15, -0.1) is 0 Å². The molecule has 28 heavy (non-hydrogen) atoms. The van der Waals surface area contributed by atoms with Crippen molar-refractivity contribution in [3.63, 3.8) is 0 Å². The number of halogens is 1. The molecular weight excluding hydrogens is 371 g/mol. The molecule has 2 aromatic carbocycles. The van der Waals surface area contributed by atoms with Crippen LogP contribution in [0.5, 0.6) is 0 Å². The molecule has 0 aliphatic rings. The lowest BCUT2D eigenvalue weighted by atomic mass is 10.2. The lowest BCUT2D eigenvalue weighted by Gasteiger charge is -2.08. The number of carbonyl (C=O) groups is 3. The zero-order valence-corrected chi connectivity index (χ0v) is 14.2. The summed E-state index contributed by atoms with van der Waals surface area (Å²) in [5.41, 5.74) is -1.13. The van der Waals surface area contributed by atoms with Gasteiger partial charge in [-0.1, -0.05) is 30.3 Å². The number of carbonyl (C=O) groups excluding carboxylic acids is 3. The number of amides is 3. The van der Waals surface area contributed by atoms with E-state index in [1.807, 2.05) is 5.32 Å². The topological polar surface area (TPSA) is 115 Å². The zero-order valence-electron chi connectivity index (χ0n) is 14.2. The summed E-state index contributed by atoms with van der Waals surface area (Å²) in [7, 11) is 0. The molecule has 0 unspecified atom stereocenters. The molecule has 9 heteroatoms. The molecule has 0 radical (unpaired) electrons. The van der Waals surface area contributed by atoms with Crippen LogP contribution >= 0.6 is 0 Å². The Hall–Kier alpha value is -4.01. The van der Waals surface area contributed by atoms with Crippen LogP contribution in [0.15, 0.2) is 63.8 Å². The molecule has 142 valence electrons. The Bertz CT molecular complexity index is 1120. The molecule has 0 fully saturated rings. The van der Waals surface area contributed by atoms with Crippen LogP contribution in [0, 0.1) is 5.82 Å².